The van der Waals surface area contributed by atoms with E-state index in [2.05, 4.69) is 34.4 Å². The molecule has 2 N–H and O–H groups in total. The minimum atomic E-state index is -0.258. The number of guanidine groups is 1. The molecule has 1 aromatic carbocycles. The van der Waals surface area contributed by atoms with Crippen molar-refractivity contribution < 1.29 is 9.13 Å². The van der Waals surface area contributed by atoms with Crippen LogP contribution in [0.1, 0.15) is 40.0 Å². The number of rotatable bonds is 8. The molecule has 1 unspecified atom stereocenters. The molecule has 2 rings (SSSR count). The van der Waals surface area contributed by atoms with Gasteiger partial charge in [0, 0.05) is 25.7 Å². The molecular formula is C20H33FN4O. The normalized spacial score (nSPS) is 17.8. The number of benzene rings is 1. The average Bonchev–Trinajstić information content (AvgIpc) is 2.64. The highest BCUT2D eigenvalue weighted by Gasteiger charge is 2.19. The first-order valence-corrected chi connectivity index (χ1v) is 9.80. The van der Waals surface area contributed by atoms with E-state index in [0.29, 0.717) is 18.3 Å². The lowest BCUT2D eigenvalue weighted by molar-refractivity contribution is 0.206. The fourth-order valence-electron chi connectivity index (χ4n) is 3.13. The third kappa shape index (κ3) is 7.20. The van der Waals surface area contributed by atoms with Crippen LogP contribution in [-0.4, -0.2) is 55.7 Å². The van der Waals surface area contributed by atoms with Crippen LogP contribution in [0.15, 0.2) is 29.3 Å². The molecule has 1 aliphatic heterocycles. The number of hydrogen-bond donors (Lipinski definition) is 2. The summed E-state index contributed by atoms with van der Waals surface area (Å²) in [6, 6.07) is 6.56. The third-order valence-electron chi connectivity index (χ3n) is 4.47. The molecule has 1 fully saturated rings. The zero-order chi connectivity index (χ0) is 18.8. The van der Waals surface area contributed by atoms with Gasteiger partial charge in [-0.25, -0.2) is 9.38 Å². The summed E-state index contributed by atoms with van der Waals surface area (Å²) in [5.74, 6) is 1.25. The number of hydrogen-bond acceptors (Lipinski definition) is 3. The Kier molecular flexibility index (Phi) is 8.68. The van der Waals surface area contributed by atoms with E-state index in [-0.39, 0.29) is 11.9 Å². The molecule has 0 aromatic heterocycles. The van der Waals surface area contributed by atoms with E-state index < -0.39 is 0 Å². The Labute approximate surface area is 157 Å². The number of halogens is 1. The van der Waals surface area contributed by atoms with E-state index in [1.54, 1.807) is 12.1 Å². The van der Waals surface area contributed by atoms with E-state index in [4.69, 9.17) is 4.74 Å². The molecule has 0 bridgehead atoms. The lowest BCUT2D eigenvalue weighted by atomic mass is 10.1. The summed E-state index contributed by atoms with van der Waals surface area (Å²) in [6.45, 7) is 11.1. The lowest BCUT2D eigenvalue weighted by Crippen LogP contribution is -2.49. The van der Waals surface area contributed by atoms with E-state index in [1.807, 2.05) is 6.92 Å². The molecule has 1 aromatic rings. The molecule has 0 spiro atoms. The van der Waals surface area contributed by atoms with Gasteiger partial charge in [0.15, 0.2) is 5.96 Å². The Bertz CT molecular complexity index is 541. The lowest BCUT2D eigenvalue weighted by Gasteiger charge is -2.32. The van der Waals surface area contributed by atoms with Gasteiger partial charge in [-0.15, -0.1) is 0 Å². The highest BCUT2D eigenvalue weighted by atomic mass is 19.1. The zero-order valence-corrected chi connectivity index (χ0v) is 16.3. The Morgan fingerprint density at radius 2 is 1.96 bits per heavy atom. The molecule has 0 aliphatic carbocycles. The van der Waals surface area contributed by atoms with E-state index in [9.17, 15) is 4.39 Å². The quantitative estimate of drug-likeness (QED) is 0.550. The van der Waals surface area contributed by atoms with E-state index in [1.165, 1.54) is 25.1 Å². The van der Waals surface area contributed by atoms with Gasteiger partial charge in [0.05, 0.1) is 6.54 Å². The summed E-state index contributed by atoms with van der Waals surface area (Å²) in [4.78, 5) is 7.19. The van der Waals surface area contributed by atoms with Crippen molar-refractivity contribution in [1.82, 2.24) is 15.5 Å². The first-order chi connectivity index (χ1) is 12.6. The van der Waals surface area contributed by atoms with Crippen molar-refractivity contribution in [3.05, 3.63) is 30.1 Å². The molecule has 0 saturated carbocycles. The average molecular weight is 365 g/mol. The van der Waals surface area contributed by atoms with Crippen molar-refractivity contribution >= 4 is 5.96 Å². The summed E-state index contributed by atoms with van der Waals surface area (Å²) >= 11 is 0. The maximum Gasteiger partial charge on any atom is 0.191 e. The van der Waals surface area contributed by atoms with Gasteiger partial charge in [-0.2, -0.15) is 0 Å². The molecule has 1 saturated heterocycles. The largest absolute Gasteiger partial charge is 0.489 e. The van der Waals surface area contributed by atoms with Gasteiger partial charge in [-0.1, -0.05) is 6.92 Å². The molecule has 5 nitrogen and oxygen atoms in total. The van der Waals surface area contributed by atoms with Crippen LogP contribution in [0.25, 0.3) is 0 Å². The van der Waals surface area contributed by atoms with Crippen molar-refractivity contribution in [2.24, 2.45) is 4.99 Å². The van der Waals surface area contributed by atoms with Gasteiger partial charge < -0.3 is 20.3 Å². The molecule has 0 radical (unpaired) electrons. The maximum atomic E-state index is 13.0. The van der Waals surface area contributed by atoms with Crippen molar-refractivity contribution in [3.63, 3.8) is 0 Å². The number of aliphatic imine (C=N–C) groups is 1. The second-order valence-corrected chi connectivity index (χ2v) is 6.86. The number of ether oxygens (including phenoxy) is 1. The fraction of sp³-hybridized carbons (Fsp3) is 0.650. The summed E-state index contributed by atoms with van der Waals surface area (Å²) in [5.41, 5.74) is 0. The van der Waals surface area contributed by atoms with Crippen molar-refractivity contribution in [1.29, 1.82) is 0 Å². The Morgan fingerprint density at radius 3 is 2.58 bits per heavy atom. The first kappa shape index (κ1) is 20.5. The fourth-order valence-corrected chi connectivity index (χ4v) is 3.13. The first-order valence-electron chi connectivity index (χ1n) is 9.80. The highest BCUT2D eigenvalue weighted by Crippen LogP contribution is 2.13. The van der Waals surface area contributed by atoms with Crippen LogP contribution in [0.5, 0.6) is 5.75 Å². The molecular weight excluding hydrogens is 331 g/mol. The van der Waals surface area contributed by atoms with Crippen LogP contribution >= 0.6 is 0 Å². The minimum absolute atomic E-state index is 0.0812. The predicted molar refractivity (Wildman–Crippen MR) is 105 cm³/mol. The molecule has 1 heterocycles. The molecule has 0 amide bonds. The van der Waals surface area contributed by atoms with Gasteiger partial charge in [-0.05, 0) is 63.9 Å². The monoisotopic (exact) mass is 364 g/mol. The Morgan fingerprint density at radius 1 is 1.27 bits per heavy atom. The zero-order valence-electron chi connectivity index (χ0n) is 16.3. The molecule has 146 valence electrons. The van der Waals surface area contributed by atoms with Gasteiger partial charge in [-0.3, -0.25) is 0 Å². The van der Waals surface area contributed by atoms with E-state index >= 15 is 0 Å². The summed E-state index contributed by atoms with van der Waals surface area (Å²) < 4.78 is 18.7. The SMILES string of the molecule is CCCN1CCC(NC(=NCC(C)Oc2ccc(F)cc2)NCC)CC1. The Balaban J connectivity index is 1.81. The summed E-state index contributed by atoms with van der Waals surface area (Å²) in [7, 11) is 0. The number of nitrogens with one attached hydrogen (secondary N) is 2. The van der Waals surface area contributed by atoms with Crippen LogP contribution < -0.4 is 15.4 Å². The van der Waals surface area contributed by atoms with Gasteiger partial charge in [0.1, 0.15) is 17.7 Å². The second-order valence-electron chi connectivity index (χ2n) is 6.86. The van der Waals surface area contributed by atoms with Crippen molar-refractivity contribution in [2.45, 2.75) is 52.2 Å². The number of likely N-dealkylation sites (tertiary alicyclic amines) is 1. The second kappa shape index (κ2) is 11.0. The Hall–Kier alpha value is -1.82. The molecule has 6 heteroatoms. The standard InChI is InChI=1S/C20H33FN4O/c1-4-12-25-13-10-18(11-14-25)24-20(22-5-2)23-15-16(3)26-19-8-6-17(21)7-9-19/h6-9,16,18H,4-5,10-15H2,1-3H3,(H2,22,23,24). The third-order valence-corrected chi connectivity index (χ3v) is 4.47. The predicted octanol–water partition coefficient (Wildman–Crippen LogP) is 3.02. The number of piperidine rings is 1. The van der Waals surface area contributed by atoms with Crippen molar-refractivity contribution in [3.8, 4) is 5.75 Å². The summed E-state index contributed by atoms with van der Waals surface area (Å²) in [6.07, 6.45) is 3.42. The van der Waals surface area contributed by atoms with Gasteiger partial charge >= 0.3 is 0 Å². The highest BCUT2D eigenvalue weighted by molar-refractivity contribution is 5.80. The topological polar surface area (TPSA) is 48.9 Å². The minimum Gasteiger partial charge on any atom is -0.489 e. The van der Waals surface area contributed by atoms with Crippen molar-refractivity contribution in [2.75, 3.05) is 32.7 Å². The number of nitrogens with zero attached hydrogens (tertiary/aromatic N) is 2. The smallest absolute Gasteiger partial charge is 0.191 e. The van der Waals surface area contributed by atoms with Crippen LogP contribution in [0.2, 0.25) is 0 Å². The summed E-state index contributed by atoms with van der Waals surface area (Å²) in [5, 5.41) is 6.87. The molecule has 1 atom stereocenters. The molecule has 26 heavy (non-hydrogen) atoms. The van der Waals surface area contributed by atoms with Gasteiger partial charge in [0.25, 0.3) is 0 Å². The molecule has 1 aliphatic rings. The van der Waals surface area contributed by atoms with Crippen LogP contribution in [0.4, 0.5) is 4.39 Å². The van der Waals surface area contributed by atoms with Gasteiger partial charge in [0.2, 0.25) is 0 Å². The van der Waals surface area contributed by atoms with Crippen LogP contribution in [-0.2, 0) is 0 Å². The maximum absolute atomic E-state index is 13.0. The van der Waals surface area contributed by atoms with Crippen LogP contribution in [0, 0.1) is 5.82 Å². The van der Waals surface area contributed by atoms with Crippen LogP contribution in [0.3, 0.4) is 0 Å². The van der Waals surface area contributed by atoms with E-state index in [0.717, 1.165) is 38.4 Å².